The van der Waals surface area contributed by atoms with Crippen molar-refractivity contribution in [3.63, 3.8) is 0 Å². The number of aliphatic hydroxyl groups is 2. The molecular weight excluding hydrogens is 198 g/mol. The van der Waals surface area contributed by atoms with Crippen molar-refractivity contribution >= 4 is 15.9 Å². The van der Waals surface area contributed by atoms with E-state index in [9.17, 15) is 5.11 Å². The van der Waals surface area contributed by atoms with Crippen LogP contribution < -0.4 is 5.73 Å². The van der Waals surface area contributed by atoms with Crippen LogP contribution in [0.2, 0.25) is 0 Å². The predicted molar refractivity (Wildman–Crippen MR) is 41.9 cm³/mol. The second-order valence-corrected chi connectivity index (χ2v) is 3.83. The Hall–Kier alpha value is 0.360. The monoisotopic (exact) mass is 209 g/mol. The highest BCUT2D eigenvalue weighted by Crippen LogP contribution is 2.29. The van der Waals surface area contributed by atoms with Crippen LogP contribution in [0.15, 0.2) is 0 Å². The van der Waals surface area contributed by atoms with Gasteiger partial charge in [0.15, 0.2) is 0 Å². The summed E-state index contributed by atoms with van der Waals surface area (Å²) in [4.78, 5) is -0.0513. The summed E-state index contributed by atoms with van der Waals surface area (Å²) < 4.78 is 0. The average Bonchev–Trinajstić information content (AvgIpc) is 2.17. The summed E-state index contributed by atoms with van der Waals surface area (Å²) in [6.45, 7) is 0.0248. The van der Waals surface area contributed by atoms with Gasteiger partial charge in [-0.3, -0.25) is 0 Å². The van der Waals surface area contributed by atoms with Crippen LogP contribution in [-0.2, 0) is 0 Å². The largest absolute Gasteiger partial charge is 0.396 e. The fraction of sp³-hybridized carbons (Fsp3) is 1.00. The molecule has 0 bridgehead atoms. The average molecular weight is 210 g/mol. The molecule has 10 heavy (non-hydrogen) atoms. The summed E-state index contributed by atoms with van der Waals surface area (Å²) in [6, 6.07) is -0.0212. The van der Waals surface area contributed by atoms with E-state index in [0.717, 1.165) is 0 Å². The fourth-order valence-electron chi connectivity index (χ4n) is 1.31. The van der Waals surface area contributed by atoms with Crippen LogP contribution in [0.4, 0.5) is 0 Å². The molecule has 3 nitrogen and oxygen atoms in total. The molecule has 0 aromatic carbocycles. The third-order valence-corrected chi connectivity index (χ3v) is 3.25. The summed E-state index contributed by atoms with van der Waals surface area (Å²) in [5, 5.41) is 18.1. The SMILES string of the molecule is N[C@@H]1CC(CO)[C@@H](O)[C@@H]1Br. The molecule has 1 aliphatic rings. The van der Waals surface area contributed by atoms with Crippen molar-refractivity contribution in [1.29, 1.82) is 0 Å². The van der Waals surface area contributed by atoms with E-state index < -0.39 is 6.10 Å². The van der Waals surface area contributed by atoms with Crippen molar-refractivity contribution in [2.24, 2.45) is 11.7 Å². The third kappa shape index (κ3) is 1.34. The Kier molecular flexibility index (Phi) is 2.68. The van der Waals surface area contributed by atoms with Crippen molar-refractivity contribution in [3.05, 3.63) is 0 Å². The highest BCUT2D eigenvalue weighted by Gasteiger charge is 2.38. The lowest BCUT2D eigenvalue weighted by atomic mass is 10.1. The van der Waals surface area contributed by atoms with Crippen LogP contribution >= 0.6 is 15.9 Å². The molecule has 1 rings (SSSR count). The number of hydrogen-bond acceptors (Lipinski definition) is 3. The minimum Gasteiger partial charge on any atom is -0.396 e. The highest BCUT2D eigenvalue weighted by molar-refractivity contribution is 9.09. The maximum atomic E-state index is 9.34. The number of aliphatic hydroxyl groups excluding tert-OH is 2. The molecule has 0 amide bonds. The molecule has 1 aliphatic carbocycles. The lowest BCUT2D eigenvalue weighted by Crippen LogP contribution is -2.30. The molecule has 0 radical (unpaired) electrons. The van der Waals surface area contributed by atoms with Crippen LogP contribution in [-0.4, -0.2) is 33.8 Å². The van der Waals surface area contributed by atoms with Gasteiger partial charge in [-0.05, 0) is 6.42 Å². The maximum absolute atomic E-state index is 9.34. The number of alkyl halides is 1. The molecule has 4 atom stereocenters. The first-order valence-corrected chi connectivity index (χ1v) is 4.27. The standard InChI is InChI=1S/C6H12BrNO2/c7-5-4(8)1-3(2-9)6(5)10/h3-6,9-10H,1-2,8H2/t3?,4-,5-,6-/m1/s1. The summed E-state index contributed by atoms with van der Waals surface area (Å²) in [5.41, 5.74) is 5.62. The summed E-state index contributed by atoms with van der Waals surface area (Å²) in [7, 11) is 0. The number of halogens is 1. The van der Waals surface area contributed by atoms with Gasteiger partial charge >= 0.3 is 0 Å². The molecule has 1 saturated carbocycles. The first-order valence-electron chi connectivity index (χ1n) is 3.35. The fourth-order valence-corrected chi connectivity index (χ4v) is 1.96. The van der Waals surface area contributed by atoms with Crippen molar-refractivity contribution in [3.8, 4) is 0 Å². The van der Waals surface area contributed by atoms with Crippen molar-refractivity contribution in [1.82, 2.24) is 0 Å². The van der Waals surface area contributed by atoms with E-state index in [1.807, 2.05) is 0 Å². The van der Waals surface area contributed by atoms with Crippen molar-refractivity contribution in [2.45, 2.75) is 23.4 Å². The van der Waals surface area contributed by atoms with Gasteiger partial charge in [0.1, 0.15) is 0 Å². The molecule has 0 aromatic rings. The first kappa shape index (κ1) is 8.46. The molecule has 0 aromatic heterocycles. The minimum atomic E-state index is -0.486. The molecule has 0 saturated heterocycles. The highest BCUT2D eigenvalue weighted by atomic mass is 79.9. The van der Waals surface area contributed by atoms with Crippen LogP contribution in [0.3, 0.4) is 0 Å². The topological polar surface area (TPSA) is 66.5 Å². The van der Waals surface area contributed by atoms with E-state index in [0.29, 0.717) is 6.42 Å². The number of rotatable bonds is 1. The van der Waals surface area contributed by atoms with Gasteiger partial charge in [-0.1, -0.05) is 15.9 Å². The van der Waals surface area contributed by atoms with Crippen molar-refractivity contribution < 1.29 is 10.2 Å². The van der Waals surface area contributed by atoms with Gasteiger partial charge < -0.3 is 15.9 Å². The van der Waals surface area contributed by atoms with E-state index in [4.69, 9.17) is 10.8 Å². The zero-order chi connectivity index (χ0) is 7.72. The Labute approximate surface area is 68.4 Å². The van der Waals surface area contributed by atoms with Gasteiger partial charge in [0.05, 0.1) is 10.9 Å². The lowest BCUT2D eigenvalue weighted by Gasteiger charge is -2.12. The molecule has 0 aliphatic heterocycles. The van der Waals surface area contributed by atoms with Crippen LogP contribution in [0.25, 0.3) is 0 Å². The first-order chi connectivity index (χ1) is 4.66. The van der Waals surface area contributed by atoms with Gasteiger partial charge in [0.25, 0.3) is 0 Å². The minimum absolute atomic E-state index is 0.0212. The van der Waals surface area contributed by atoms with E-state index >= 15 is 0 Å². The molecule has 1 unspecified atom stereocenters. The van der Waals surface area contributed by atoms with Gasteiger partial charge in [-0.2, -0.15) is 0 Å². The number of nitrogens with two attached hydrogens (primary N) is 1. The van der Waals surface area contributed by atoms with Crippen molar-refractivity contribution in [2.75, 3.05) is 6.61 Å². The van der Waals surface area contributed by atoms with Crippen LogP contribution in [0.1, 0.15) is 6.42 Å². The lowest BCUT2D eigenvalue weighted by molar-refractivity contribution is 0.0947. The Morgan fingerprint density at radius 2 is 2.20 bits per heavy atom. The number of hydrogen-bond donors (Lipinski definition) is 3. The quantitative estimate of drug-likeness (QED) is 0.509. The predicted octanol–water partition coefficient (Wildman–Crippen LogP) is -0.550. The van der Waals surface area contributed by atoms with E-state index in [-0.39, 0.29) is 23.4 Å². The Bertz CT molecular complexity index is 122. The summed E-state index contributed by atoms with van der Waals surface area (Å²) in [5.74, 6) is -0.0422. The third-order valence-electron chi connectivity index (χ3n) is 2.03. The Morgan fingerprint density at radius 3 is 2.40 bits per heavy atom. The van der Waals surface area contributed by atoms with Gasteiger partial charge in [-0.25, -0.2) is 0 Å². The summed E-state index contributed by atoms with van der Waals surface area (Å²) >= 11 is 3.26. The molecule has 0 spiro atoms. The normalized spacial score (nSPS) is 48.0. The zero-order valence-corrected chi connectivity index (χ0v) is 7.16. The van der Waals surface area contributed by atoms with Crippen LogP contribution in [0.5, 0.6) is 0 Å². The maximum Gasteiger partial charge on any atom is 0.0730 e. The molecule has 1 fully saturated rings. The molecule has 60 valence electrons. The molecule has 0 heterocycles. The van der Waals surface area contributed by atoms with Gasteiger partial charge in [0.2, 0.25) is 0 Å². The summed E-state index contributed by atoms with van der Waals surface area (Å²) in [6.07, 6.45) is 0.216. The zero-order valence-electron chi connectivity index (χ0n) is 5.57. The van der Waals surface area contributed by atoms with E-state index in [1.165, 1.54) is 0 Å². The Balaban J connectivity index is 2.53. The molecule has 4 N–H and O–H groups in total. The second kappa shape index (κ2) is 3.17. The van der Waals surface area contributed by atoms with Gasteiger partial charge in [0, 0.05) is 18.6 Å². The van der Waals surface area contributed by atoms with Crippen LogP contribution in [0, 0.1) is 5.92 Å². The van der Waals surface area contributed by atoms with E-state index in [1.54, 1.807) is 0 Å². The molecular formula is C6H12BrNO2. The molecule has 4 heteroatoms. The Morgan fingerprint density at radius 1 is 1.60 bits per heavy atom. The smallest absolute Gasteiger partial charge is 0.0730 e. The van der Waals surface area contributed by atoms with Gasteiger partial charge in [-0.15, -0.1) is 0 Å². The van der Waals surface area contributed by atoms with E-state index in [2.05, 4.69) is 15.9 Å². The second-order valence-electron chi connectivity index (χ2n) is 2.78.